The van der Waals surface area contributed by atoms with Gasteiger partial charge in [0, 0.05) is 0 Å². The van der Waals surface area contributed by atoms with Crippen molar-refractivity contribution in [3.8, 4) is 0 Å². The number of nitrogens with zero attached hydrogens (tertiary/aromatic N) is 3. The smallest absolute Gasteiger partial charge is 0.375 e. The molecule has 8 nitrogen and oxygen atoms in total. The Morgan fingerprint density at radius 2 is 1.73 bits per heavy atom. The van der Waals surface area contributed by atoms with Crippen molar-refractivity contribution < 1.29 is 24.3 Å². The lowest BCUT2D eigenvalue weighted by atomic mass is 9.74. The van der Waals surface area contributed by atoms with Crippen LogP contribution in [-0.2, 0) is 17.2 Å². The average molecular weight is 379 g/mol. The normalized spacial score (nSPS) is 14.5. The number of rotatable bonds is 4. The average Bonchev–Trinajstić information content (AvgIpc) is 2.48. The minimum absolute atomic E-state index is 0.215. The maximum atomic E-state index is 14.5. The minimum atomic E-state index is -2.84. The van der Waals surface area contributed by atoms with Gasteiger partial charge in [0.05, 0.1) is 5.52 Å². The van der Waals surface area contributed by atoms with Gasteiger partial charge in [0.1, 0.15) is 17.6 Å². The lowest BCUT2D eigenvalue weighted by Crippen LogP contribution is -2.55. The Labute approximate surface area is 154 Å². The standard InChI is InChI=1S/C13H17B3FN3O5S/c1-7-2-4-8(5-3-7)26(25)19-6-9(17)10(18-12(14,15)22)20(11(19)21)13(16,23)24/h2-6,22-24H,14-16H2,1H3/b18-10+. The predicted octanol–water partition coefficient (Wildman–Crippen LogP) is -4.38. The second-order valence-corrected chi connectivity index (χ2v) is 7.75. The molecule has 1 unspecified atom stereocenters. The van der Waals surface area contributed by atoms with Crippen molar-refractivity contribution in [3.63, 3.8) is 0 Å². The first-order valence-corrected chi connectivity index (χ1v) is 8.68. The Balaban J connectivity index is 2.79. The summed E-state index contributed by atoms with van der Waals surface area (Å²) in [6.45, 7) is 1.82. The molecular formula is C13H17B3FN3O5S. The van der Waals surface area contributed by atoms with Crippen LogP contribution < -0.4 is 11.2 Å². The van der Waals surface area contributed by atoms with Gasteiger partial charge in [-0.2, -0.15) is 0 Å². The van der Waals surface area contributed by atoms with Gasteiger partial charge < -0.3 is 19.9 Å². The molecule has 0 fully saturated rings. The van der Waals surface area contributed by atoms with Crippen LogP contribution in [0.5, 0.6) is 0 Å². The van der Waals surface area contributed by atoms with Crippen molar-refractivity contribution >= 4 is 34.9 Å². The van der Waals surface area contributed by atoms with Gasteiger partial charge in [-0.15, -0.1) is 3.97 Å². The number of aromatic nitrogens is 2. The van der Waals surface area contributed by atoms with E-state index in [1.54, 1.807) is 12.1 Å². The van der Waals surface area contributed by atoms with E-state index in [9.17, 15) is 29.1 Å². The molecule has 0 radical (unpaired) electrons. The largest absolute Gasteiger partial charge is 0.587 e. The Kier molecular flexibility index (Phi) is 5.59. The van der Waals surface area contributed by atoms with Crippen LogP contribution in [0.2, 0.25) is 0 Å². The van der Waals surface area contributed by atoms with E-state index in [1.165, 1.54) is 27.8 Å². The Morgan fingerprint density at radius 3 is 2.19 bits per heavy atom. The molecule has 0 amide bonds. The molecule has 0 saturated heterocycles. The molecule has 136 valence electrons. The molecule has 0 aliphatic rings. The molecule has 0 aliphatic carbocycles. The fourth-order valence-corrected chi connectivity index (χ4v) is 3.15. The summed E-state index contributed by atoms with van der Waals surface area (Å²) >= 11 is -2.14. The molecule has 0 saturated carbocycles. The Morgan fingerprint density at radius 1 is 1.19 bits per heavy atom. The molecule has 0 bridgehead atoms. The summed E-state index contributed by atoms with van der Waals surface area (Å²) in [7, 11) is 3.26. The van der Waals surface area contributed by atoms with Gasteiger partial charge >= 0.3 is 5.69 Å². The van der Waals surface area contributed by atoms with Crippen LogP contribution in [0.1, 0.15) is 5.56 Å². The zero-order chi connectivity index (χ0) is 19.9. The van der Waals surface area contributed by atoms with Crippen LogP contribution in [0.3, 0.4) is 0 Å². The maximum Gasteiger partial charge on any atom is 0.375 e. The molecule has 1 heterocycles. The highest BCUT2D eigenvalue weighted by atomic mass is 32.2. The number of aliphatic hydroxyl groups is 3. The Bertz CT molecular complexity index is 935. The number of hydrogen-bond donors (Lipinski definition) is 3. The molecule has 26 heavy (non-hydrogen) atoms. The van der Waals surface area contributed by atoms with Gasteiger partial charge in [-0.05, 0) is 19.1 Å². The first-order chi connectivity index (χ1) is 11.8. The third-order valence-electron chi connectivity index (χ3n) is 3.24. The summed E-state index contributed by atoms with van der Waals surface area (Å²) in [5.74, 6) is -4.01. The number of aryl methyl sites for hydroxylation is 1. The van der Waals surface area contributed by atoms with Gasteiger partial charge in [0.2, 0.25) is 13.7 Å². The fraction of sp³-hybridized carbons (Fsp3) is 0.231. The van der Waals surface area contributed by atoms with E-state index in [2.05, 4.69) is 4.99 Å². The molecule has 2 rings (SSSR count). The van der Waals surface area contributed by atoms with E-state index < -0.39 is 39.7 Å². The summed E-state index contributed by atoms with van der Waals surface area (Å²) < 4.78 is 27.9. The van der Waals surface area contributed by atoms with Crippen molar-refractivity contribution in [2.45, 2.75) is 23.2 Å². The summed E-state index contributed by atoms with van der Waals surface area (Å²) in [6, 6.07) is 6.35. The molecule has 0 spiro atoms. The van der Waals surface area contributed by atoms with Crippen molar-refractivity contribution in [2.75, 3.05) is 0 Å². The molecule has 0 aliphatic heterocycles. The van der Waals surface area contributed by atoms with Crippen molar-refractivity contribution in [1.82, 2.24) is 8.54 Å². The van der Waals surface area contributed by atoms with E-state index in [4.69, 9.17) is 0 Å². The first kappa shape index (κ1) is 20.5. The fourth-order valence-electron chi connectivity index (χ4n) is 2.14. The summed E-state index contributed by atoms with van der Waals surface area (Å²) in [4.78, 5) is 16.5. The van der Waals surface area contributed by atoms with E-state index in [0.29, 0.717) is 10.2 Å². The van der Waals surface area contributed by atoms with Crippen molar-refractivity contribution in [1.29, 1.82) is 0 Å². The quantitative estimate of drug-likeness (QED) is 0.282. The molecule has 2 aromatic rings. The van der Waals surface area contributed by atoms with Crippen molar-refractivity contribution in [3.05, 3.63) is 57.8 Å². The second kappa shape index (κ2) is 7.08. The monoisotopic (exact) mass is 379 g/mol. The first-order valence-electron chi connectivity index (χ1n) is 7.58. The zero-order valence-electron chi connectivity index (χ0n) is 14.7. The molecular weight excluding hydrogens is 362 g/mol. The van der Waals surface area contributed by atoms with Gasteiger partial charge in [-0.3, -0.25) is 4.99 Å². The summed E-state index contributed by atoms with van der Waals surface area (Å²) in [5.41, 5.74) is -2.85. The van der Waals surface area contributed by atoms with Crippen LogP contribution in [0, 0.1) is 12.7 Å². The van der Waals surface area contributed by atoms with Crippen LogP contribution in [-0.4, -0.2) is 57.5 Å². The van der Waals surface area contributed by atoms with Crippen LogP contribution in [0.4, 0.5) is 4.39 Å². The molecule has 3 N–H and O–H groups in total. The molecule has 13 heteroatoms. The molecule has 1 aromatic carbocycles. The predicted molar refractivity (Wildman–Crippen MR) is 100 cm³/mol. The van der Waals surface area contributed by atoms with Gasteiger partial charge in [-0.1, -0.05) is 17.7 Å². The highest BCUT2D eigenvalue weighted by Gasteiger charge is 2.29. The summed E-state index contributed by atoms with van der Waals surface area (Å²) in [6.07, 6.45) is 0.644. The number of hydrogen-bond acceptors (Lipinski definition) is 6. The summed E-state index contributed by atoms with van der Waals surface area (Å²) in [5, 5.41) is 29.5. The van der Waals surface area contributed by atoms with Crippen LogP contribution >= 0.6 is 0 Å². The van der Waals surface area contributed by atoms with Gasteiger partial charge in [0.25, 0.3) is 0 Å². The zero-order valence-corrected chi connectivity index (χ0v) is 15.5. The lowest BCUT2D eigenvalue weighted by Gasteiger charge is -2.23. The van der Waals surface area contributed by atoms with E-state index >= 15 is 0 Å². The van der Waals surface area contributed by atoms with E-state index in [1.807, 2.05) is 6.92 Å². The second-order valence-electron chi connectivity index (χ2n) is 6.38. The SMILES string of the molecule is BC(B)(O)/N=c1\c(F)cn([S+]([O-])c2ccc(C)cc2)c(=O)n1C(B)(O)O. The minimum Gasteiger partial charge on any atom is -0.587 e. The van der Waals surface area contributed by atoms with Gasteiger partial charge in [0.15, 0.2) is 31.9 Å². The Hall–Kier alpha value is -1.79. The van der Waals surface area contributed by atoms with Crippen LogP contribution in [0.15, 0.2) is 45.1 Å². The third kappa shape index (κ3) is 4.49. The van der Waals surface area contributed by atoms with E-state index in [0.717, 1.165) is 13.4 Å². The maximum absolute atomic E-state index is 14.5. The lowest BCUT2D eigenvalue weighted by molar-refractivity contribution is -0.158. The number of halogens is 1. The van der Waals surface area contributed by atoms with Crippen molar-refractivity contribution in [2.24, 2.45) is 4.99 Å². The highest BCUT2D eigenvalue weighted by molar-refractivity contribution is 7.89. The van der Waals surface area contributed by atoms with E-state index in [-0.39, 0.29) is 9.46 Å². The third-order valence-corrected chi connectivity index (χ3v) is 4.53. The molecule has 1 aromatic heterocycles. The van der Waals surface area contributed by atoms with Crippen LogP contribution in [0.25, 0.3) is 0 Å². The van der Waals surface area contributed by atoms with Gasteiger partial charge in [-0.25, -0.2) is 13.8 Å². The number of benzene rings is 1. The highest BCUT2D eigenvalue weighted by Crippen LogP contribution is 2.13. The molecule has 1 atom stereocenters. The topological polar surface area (TPSA) is 123 Å².